The lowest BCUT2D eigenvalue weighted by molar-refractivity contribution is 0.0910. The van der Waals surface area contributed by atoms with E-state index >= 15 is 0 Å². The summed E-state index contributed by atoms with van der Waals surface area (Å²) in [7, 11) is 0. The van der Waals surface area contributed by atoms with Crippen molar-refractivity contribution < 1.29 is 9.53 Å². The molecule has 1 aliphatic heterocycles. The van der Waals surface area contributed by atoms with Crippen LogP contribution in [-0.4, -0.2) is 47.6 Å². The number of pyridine rings is 1. The molecule has 156 valence electrons. The minimum Gasteiger partial charge on any atom is -0.490 e. The fourth-order valence-corrected chi connectivity index (χ4v) is 4.35. The largest absolute Gasteiger partial charge is 0.490 e. The van der Waals surface area contributed by atoms with Gasteiger partial charge in [-0.2, -0.15) is 0 Å². The zero-order valence-corrected chi connectivity index (χ0v) is 18.0. The van der Waals surface area contributed by atoms with Crippen molar-refractivity contribution in [2.75, 3.05) is 19.6 Å². The van der Waals surface area contributed by atoms with E-state index in [0.29, 0.717) is 29.6 Å². The highest BCUT2D eigenvalue weighted by molar-refractivity contribution is 5.92. The first-order chi connectivity index (χ1) is 13.3. The molecular formula is C23H37N3O2. The van der Waals surface area contributed by atoms with E-state index < -0.39 is 0 Å². The molecule has 1 unspecified atom stereocenters. The summed E-state index contributed by atoms with van der Waals surface area (Å²) in [6.07, 6.45) is 8.83. The topological polar surface area (TPSA) is 54.5 Å². The van der Waals surface area contributed by atoms with Gasteiger partial charge in [0.05, 0.1) is 6.10 Å². The van der Waals surface area contributed by atoms with Crippen molar-refractivity contribution in [3.05, 3.63) is 24.0 Å². The number of aromatic nitrogens is 1. The number of carbonyl (C=O) groups excluding carboxylic acids is 1. The monoisotopic (exact) mass is 387 g/mol. The summed E-state index contributed by atoms with van der Waals surface area (Å²) in [6, 6.07) is 4.22. The molecule has 3 rings (SSSR count). The summed E-state index contributed by atoms with van der Waals surface area (Å²) < 4.78 is 6.15. The molecule has 1 aromatic rings. The Morgan fingerprint density at radius 2 is 2.07 bits per heavy atom. The predicted molar refractivity (Wildman–Crippen MR) is 113 cm³/mol. The van der Waals surface area contributed by atoms with E-state index in [2.05, 4.69) is 42.9 Å². The first-order valence-corrected chi connectivity index (χ1v) is 11.0. The number of ether oxygens (including phenoxy) is 1. The minimum atomic E-state index is -0.100. The Morgan fingerprint density at radius 3 is 2.79 bits per heavy atom. The molecule has 1 aliphatic carbocycles. The van der Waals surface area contributed by atoms with E-state index in [4.69, 9.17) is 4.74 Å². The van der Waals surface area contributed by atoms with E-state index in [9.17, 15) is 4.79 Å². The van der Waals surface area contributed by atoms with Gasteiger partial charge in [0, 0.05) is 31.4 Å². The van der Waals surface area contributed by atoms with Crippen LogP contribution >= 0.6 is 0 Å². The molecule has 1 atom stereocenters. The van der Waals surface area contributed by atoms with Crippen LogP contribution in [0.15, 0.2) is 18.3 Å². The lowest BCUT2D eigenvalue weighted by Crippen LogP contribution is -2.43. The summed E-state index contributed by atoms with van der Waals surface area (Å²) in [4.78, 5) is 19.3. The summed E-state index contributed by atoms with van der Waals surface area (Å²) in [5.41, 5.74) is 0.873. The Kier molecular flexibility index (Phi) is 6.97. The molecule has 5 heteroatoms. The van der Waals surface area contributed by atoms with Crippen LogP contribution in [0.5, 0.6) is 5.75 Å². The quantitative estimate of drug-likeness (QED) is 0.792. The van der Waals surface area contributed by atoms with E-state index in [1.807, 2.05) is 6.07 Å². The molecule has 1 saturated carbocycles. The van der Waals surface area contributed by atoms with Gasteiger partial charge in [-0.3, -0.25) is 9.78 Å². The summed E-state index contributed by atoms with van der Waals surface area (Å²) in [6.45, 7) is 12.1. The fraction of sp³-hybridized carbons (Fsp3) is 0.739. The lowest BCUT2D eigenvalue weighted by atomic mass is 9.76. The van der Waals surface area contributed by atoms with E-state index in [0.717, 1.165) is 25.1 Å². The van der Waals surface area contributed by atoms with Crippen LogP contribution in [-0.2, 0) is 0 Å². The number of rotatable bonds is 6. The van der Waals surface area contributed by atoms with Gasteiger partial charge in [-0.25, -0.2) is 0 Å². The number of amides is 1. The third-order valence-electron chi connectivity index (χ3n) is 6.38. The van der Waals surface area contributed by atoms with Crippen molar-refractivity contribution in [3.63, 3.8) is 0 Å². The van der Waals surface area contributed by atoms with Crippen LogP contribution < -0.4 is 10.1 Å². The number of hydrogen-bond acceptors (Lipinski definition) is 4. The molecule has 2 heterocycles. The molecule has 28 heavy (non-hydrogen) atoms. The van der Waals surface area contributed by atoms with Crippen molar-refractivity contribution >= 4 is 5.91 Å². The van der Waals surface area contributed by atoms with Crippen molar-refractivity contribution in [2.24, 2.45) is 11.3 Å². The SMILES string of the molecule is CC(C)N1CCCC(CNC(=O)c2cc(OC3CCC(C)(C)CC3)ccn2)C1. The number of hydrogen-bond donors (Lipinski definition) is 1. The molecule has 1 amide bonds. The van der Waals surface area contributed by atoms with Crippen LogP contribution in [0, 0.1) is 11.3 Å². The zero-order chi connectivity index (χ0) is 20.1. The van der Waals surface area contributed by atoms with E-state index in [1.54, 1.807) is 12.3 Å². The van der Waals surface area contributed by atoms with Gasteiger partial charge >= 0.3 is 0 Å². The third kappa shape index (κ3) is 5.94. The van der Waals surface area contributed by atoms with Crippen molar-refractivity contribution in [1.82, 2.24) is 15.2 Å². The molecular weight excluding hydrogens is 350 g/mol. The Balaban J connectivity index is 1.50. The maximum Gasteiger partial charge on any atom is 0.270 e. The Labute approximate surface area is 170 Å². The van der Waals surface area contributed by atoms with Crippen LogP contribution in [0.1, 0.15) is 76.7 Å². The second kappa shape index (κ2) is 9.25. The average Bonchev–Trinajstić information content (AvgIpc) is 2.68. The molecule has 1 aromatic heterocycles. The highest BCUT2D eigenvalue weighted by atomic mass is 16.5. The van der Waals surface area contributed by atoms with E-state index in [-0.39, 0.29) is 12.0 Å². The minimum absolute atomic E-state index is 0.100. The normalized spacial score (nSPS) is 23.5. The molecule has 0 spiro atoms. The number of nitrogens with one attached hydrogen (secondary N) is 1. The van der Waals surface area contributed by atoms with Crippen molar-refractivity contribution in [3.8, 4) is 5.75 Å². The number of piperidine rings is 1. The lowest BCUT2D eigenvalue weighted by Gasteiger charge is -2.35. The maximum absolute atomic E-state index is 12.6. The van der Waals surface area contributed by atoms with Crippen LogP contribution in [0.3, 0.4) is 0 Å². The van der Waals surface area contributed by atoms with Gasteiger partial charge in [-0.1, -0.05) is 13.8 Å². The molecule has 0 aromatic carbocycles. The third-order valence-corrected chi connectivity index (χ3v) is 6.38. The first kappa shape index (κ1) is 21.1. The van der Waals surface area contributed by atoms with E-state index in [1.165, 1.54) is 32.2 Å². The van der Waals surface area contributed by atoms with Crippen molar-refractivity contribution in [1.29, 1.82) is 0 Å². The van der Waals surface area contributed by atoms with Gasteiger partial charge in [-0.05, 0) is 76.3 Å². The zero-order valence-electron chi connectivity index (χ0n) is 18.0. The smallest absolute Gasteiger partial charge is 0.270 e. The molecule has 1 N–H and O–H groups in total. The second-order valence-corrected chi connectivity index (χ2v) is 9.67. The fourth-order valence-electron chi connectivity index (χ4n) is 4.35. The Morgan fingerprint density at radius 1 is 1.32 bits per heavy atom. The standard InChI is InChI=1S/C23H37N3O2/c1-17(2)26-13-5-6-18(16-26)15-25-22(27)21-14-20(9-12-24-21)28-19-7-10-23(3,4)11-8-19/h9,12,14,17-19H,5-8,10-11,13,15-16H2,1-4H3,(H,25,27). The summed E-state index contributed by atoms with van der Waals surface area (Å²) in [5.74, 6) is 1.18. The van der Waals surface area contributed by atoms with Gasteiger partial charge in [0.15, 0.2) is 0 Å². The van der Waals surface area contributed by atoms with Gasteiger partial charge in [0.25, 0.3) is 5.91 Å². The Bertz CT molecular complexity index is 649. The Hall–Kier alpha value is -1.62. The van der Waals surface area contributed by atoms with Crippen LogP contribution in [0.2, 0.25) is 0 Å². The predicted octanol–water partition coefficient (Wildman–Crippen LogP) is 4.28. The molecule has 2 fully saturated rings. The molecule has 5 nitrogen and oxygen atoms in total. The molecule has 0 bridgehead atoms. The number of likely N-dealkylation sites (tertiary alicyclic amines) is 1. The number of nitrogens with zero attached hydrogens (tertiary/aromatic N) is 2. The van der Waals surface area contributed by atoms with Gasteiger partial charge in [0.1, 0.15) is 11.4 Å². The van der Waals surface area contributed by atoms with Crippen molar-refractivity contribution in [2.45, 2.75) is 78.4 Å². The van der Waals surface area contributed by atoms with Gasteiger partial charge in [0.2, 0.25) is 0 Å². The highest BCUT2D eigenvalue weighted by Gasteiger charge is 2.28. The van der Waals surface area contributed by atoms with Gasteiger partial charge < -0.3 is 15.0 Å². The summed E-state index contributed by atoms with van der Waals surface area (Å²) >= 11 is 0. The maximum atomic E-state index is 12.6. The molecule has 0 radical (unpaired) electrons. The second-order valence-electron chi connectivity index (χ2n) is 9.67. The van der Waals surface area contributed by atoms with Crippen LogP contribution in [0.4, 0.5) is 0 Å². The van der Waals surface area contributed by atoms with Gasteiger partial charge in [-0.15, -0.1) is 0 Å². The number of carbonyl (C=O) groups is 1. The first-order valence-electron chi connectivity index (χ1n) is 11.0. The molecule has 2 aliphatic rings. The highest BCUT2D eigenvalue weighted by Crippen LogP contribution is 2.36. The summed E-state index contributed by atoms with van der Waals surface area (Å²) in [5, 5.41) is 3.09. The van der Waals surface area contributed by atoms with Crippen LogP contribution in [0.25, 0.3) is 0 Å². The molecule has 1 saturated heterocycles. The average molecular weight is 388 g/mol.